The number of aromatic nitrogens is 2. The van der Waals surface area contributed by atoms with Crippen LogP contribution in [0.25, 0.3) is 0 Å². The molecule has 17 heavy (non-hydrogen) atoms. The summed E-state index contributed by atoms with van der Waals surface area (Å²) < 4.78 is 5.27. The molecule has 0 saturated heterocycles. The third kappa shape index (κ3) is 2.95. The summed E-state index contributed by atoms with van der Waals surface area (Å²) in [7, 11) is 1.65. The minimum Gasteiger partial charge on any atom is -0.496 e. The highest BCUT2D eigenvalue weighted by Gasteiger charge is 2.05. The van der Waals surface area contributed by atoms with Crippen molar-refractivity contribution in [1.29, 1.82) is 0 Å². The van der Waals surface area contributed by atoms with Crippen LogP contribution < -0.4 is 10.5 Å². The smallest absolute Gasteiger partial charge is 0.192 e. The second-order valence-electron chi connectivity index (χ2n) is 3.33. The maximum absolute atomic E-state index is 5.49. The highest BCUT2D eigenvalue weighted by molar-refractivity contribution is 7.99. The van der Waals surface area contributed by atoms with Gasteiger partial charge in [-0.15, -0.1) is 0 Å². The number of benzene rings is 1. The molecule has 0 spiro atoms. The van der Waals surface area contributed by atoms with Crippen molar-refractivity contribution in [3.63, 3.8) is 0 Å². The van der Waals surface area contributed by atoms with Crippen molar-refractivity contribution in [3.8, 4) is 5.75 Å². The summed E-state index contributed by atoms with van der Waals surface area (Å²) in [4.78, 5) is 9.47. The lowest BCUT2D eigenvalue weighted by atomic mass is 10.3. The molecule has 1 aromatic carbocycles. The molecule has 1 aromatic heterocycles. The molecule has 0 saturated carbocycles. The fourth-order valence-electron chi connectivity index (χ4n) is 1.30. The van der Waals surface area contributed by atoms with Gasteiger partial charge >= 0.3 is 0 Å². The summed E-state index contributed by atoms with van der Waals surface area (Å²) in [5.74, 6) is 0.823. The van der Waals surface area contributed by atoms with Crippen LogP contribution in [0.5, 0.6) is 5.75 Å². The summed E-state index contributed by atoms with van der Waals surface area (Å²) in [5.41, 5.74) is 6.42. The first-order valence-corrected chi connectivity index (χ1v) is 5.97. The standard InChI is InChI=1S/C12H13N3OS/c1-16-10-4-2-3-5-11(10)17-12-14-7-9(6-13)8-15-12/h2-5,7-8H,6,13H2,1H3. The molecule has 2 rings (SSSR count). The lowest BCUT2D eigenvalue weighted by Crippen LogP contribution is -1.98. The molecule has 1 heterocycles. The fraction of sp³-hybridized carbons (Fsp3) is 0.167. The number of hydrogen-bond acceptors (Lipinski definition) is 5. The van der Waals surface area contributed by atoms with Crippen LogP contribution in [0.3, 0.4) is 0 Å². The number of para-hydroxylation sites is 1. The third-order valence-corrected chi connectivity index (χ3v) is 3.14. The summed E-state index contributed by atoms with van der Waals surface area (Å²) >= 11 is 1.47. The van der Waals surface area contributed by atoms with E-state index in [1.807, 2.05) is 24.3 Å². The molecule has 0 unspecified atom stereocenters. The van der Waals surface area contributed by atoms with E-state index in [0.29, 0.717) is 11.7 Å². The van der Waals surface area contributed by atoms with E-state index in [4.69, 9.17) is 10.5 Å². The van der Waals surface area contributed by atoms with Crippen molar-refractivity contribution in [3.05, 3.63) is 42.2 Å². The van der Waals surface area contributed by atoms with Gasteiger partial charge in [0.2, 0.25) is 0 Å². The van der Waals surface area contributed by atoms with E-state index in [1.54, 1.807) is 19.5 Å². The number of nitrogens with two attached hydrogens (primary N) is 1. The molecular weight excluding hydrogens is 234 g/mol. The van der Waals surface area contributed by atoms with E-state index < -0.39 is 0 Å². The molecule has 0 bridgehead atoms. The van der Waals surface area contributed by atoms with Crippen molar-refractivity contribution in [2.75, 3.05) is 7.11 Å². The van der Waals surface area contributed by atoms with Crippen LogP contribution in [-0.2, 0) is 6.54 Å². The predicted octanol–water partition coefficient (Wildman–Crippen LogP) is 2.10. The molecular formula is C12H13N3OS. The molecule has 2 aromatic rings. The Morgan fingerprint density at radius 2 is 1.94 bits per heavy atom. The largest absolute Gasteiger partial charge is 0.496 e. The first-order chi connectivity index (χ1) is 8.33. The van der Waals surface area contributed by atoms with Crippen LogP contribution in [0.15, 0.2) is 46.7 Å². The van der Waals surface area contributed by atoms with E-state index in [-0.39, 0.29) is 0 Å². The van der Waals surface area contributed by atoms with Crippen LogP contribution >= 0.6 is 11.8 Å². The minimum absolute atomic E-state index is 0.458. The van der Waals surface area contributed by atoms with Gasteiger partial charge in [-0.25, -0.2) is 9.97 Å². The normalized spacial score (nSPS) is 10.2. The molecule has 88 valence electrons. The zero-order chi connectivity index (χ0) is 12.1. The van der Waals surface area contributed by atoms with Crippen molar-refractivity contribution in [2.24, 2.45) is 5.73 Å². The lowest BCUT2D eigenvalue weighted by Gasteiger charge is -2.06. The Balaban J connectivity index is 2.19. The van der Waals surface area contributed by atoms with Crippen LogP contribution in [0.2, 0.25) is 0 Å². The Bertz CT molecular complexity index is 487. The number of nitrogens with zero attached hydrogens (tertiary/aromatic N) is 2. The van der Waals surface area contributed by atoms with Gasteiger partial charge in [-0.2, -0.15) is 0 Å². The summed E-state index contributed by atoms with van der Waals surface area (Å²) in [6.07, 6.45) is 3.48. The Labute approximate surface area is 104 Å². The van der Waals surface area contributed by atoms with Crippen LogP contribution in [0.1, 0.15) is 5.56 Å². The van der Waals surface area contributed by atoms with E-state index in [2.05, 4.69) is 9.97 Å². The maximum atomic E-state index is 5.49. The molecule has 0 radical (unpaired) electrons. The minimum atomic E-state index is 0.458. The van der Waals surface area contributed by atoms with Crippen molar-refractivity contribution in [1.82, 2.24) is 9.97 Å². The topological polar surface area (TPSA) is 61.0 Å². The summed E-state index contributed by atoms with van der Waals surface area (Å²) in [5, 5.41) is 0.687. The van der Waals surface area contributed by atoms with Crippen molar-refractivity contribution in [2.45, 2.75) is 16.6 Å². The van der Waals surface area contributed by atoms with Gasteiger partial charge in [0.05, 0.1) is 12.0 Å². The van der Waals surface area contributed by atoms with Gasteiger partial charge in [-0.1, -0.05) is 12.1 Å². The maximum Gasteiger partial charge on any atom is 0.192 e. The van der Waals surface area contributed by atoms with E-state index in [1.165, 1.54) is 11.8 Å². The van der Waals surface area contributed by atoms with Crippen LogP contribution in [-0.4, -0.2) is 17.1 Å². The first-order valence-electron chi connectivity index (χ1n) is 5.15. The van der Waals surface area contributed by atoms with Crippen LogP contribution in [0, 0.1) is 0 Å². The Morgan fingerprint density at radius 1 is 1.24 bits per heavy atom. The van der Waals surface area contributed by atoms with Crippen molar-refractivity contribution < 1.29 is 4.74 Å². The molecule has 4 nitrogen and oxygen atoms in total. The fourth-order valence-corrected chi connectivity index (χ4v) is 2.11. The summed E-state index contributed by atoms with van der Waals surface area (Å²) in [6.45, 7) is 0.458. The number of hydrogen-bond donors (Lipinski definition) is 1. The molecule has 0 aliphatic rings. The Morgan fingerprint density at radius 3 is 2.59 bits per heavy atom. The Kier molecular flexibility index (Phi) is 3.95. The lowest BCUT2D eigenvalue weighted by molar-refractivity contribution is 0.405. The van der Waals surface area contributed by atoms with Crippen molar-refractivity contribution >= 4 is 11.8 Å². The third-order valence-electron chi connectivity index (χ3n) is 2.19. The van der Waals surface area contributed by atoms with Gasteiger partial charge in [0.25, 0.3) is 0 Å². The SMILES string of the molecule is COc1ccccc1Sc1ncc(CN)cn1. The molecule has 0 fully saturated rings. The predicted molar refractivity (Wildman–Crippen MR) is 67.0 cm³/mol. The van der Waals surface area contributed by atoms with Gasteiger partial charge in [0, 0.05) is 24.5 Å². The molecule has 5 heteroatoms. The number of rotatable bonds is 4. The highest BCUT2D eigenvalue weighted by atomic mass is 32.2. The van der Waals surface area contributed by atoms with Gasteiger partial charge in [-0.05, 0) is 23.9 Å². The van der Waals surface area contributed by atoms with Gasteiger partial charge in [-0.3, -0.25) is 0 Å². The number of methoxy groups -OCH3 is 1. The summed E-state index contributed by atoms with van der Waals surface area (Å²) in [6, 6.07) is 7.78. The Hall–Kier alpha value is -1.59. The second kappa shape index (κ2) is 5.65. The van der Waals surface area contributed by atoms with Gasteiger partial charge < -0.3 is 10.5 Å². The van der Waals surface area contributed by atoms with E-state index in [0.717, 1.165) is 16.2 Å². The van der Waals surface area contributed by atoms with Crippen LogP contribution in [0.4, 0.5) is 0 Å². The molecule has 2 N–H and O–H groups in total. The van der Waals surface area contributed by atoms with E-state index >= 15 is 0 Å². The first kappa shape index (κ1) is 11.9. The average molecular weight is 247 g/mol. The zero-order valence-electron chi connectivity index (χ0n) is 9.46. The zero-order valence-corrected chi connectivity index (χ0v) is 10.3. The highest BCUT2D eigenvalue weighted by Crippen LogP contribution is 2.32. The molecule has 0 aliphatic carbocycles. The van der Waals surface area contributed by atoms with E-state index in [9.17, 15) is 0 Å². The second-order valence-corrected chi connectivity index (χ2v) is 4.34. The quantitative estimate of drug-likeness (QED) is 0.838. The molecule has 0 aliphatic heterocycles. The average Bonchev–Trinajstić information content (AvgIpc) is 2.40. The molecule has 0 atom stereocenters. The monoisotopic (exact) mass is 247 g/mol. The van der Waals surface area contributed by atoms with Gasteiger partial charge in [0.15, 0.2) is 5.16 Å². The van der Waals surface area contributed by atoms with Gasteiger partial charge in [0.1, 0.15) is 5.75 Å². The molecule has 0 amide bonds. The number of ether oxygens (including phenoxy) is 1.